The molecule has 11 heteroatoms. The summed E-state index contributed by atoms with van der Waals surface area (Å²) in [5, 5.41) is 29.5. The molecule has 252 valence electrons. The number of ether oxygens (including phenoxy) is 2. The van der Waals surface area contributed by atoms with Crippen LogP contribution in [0.3, 0.4) is 0 Å². The molecule has 47 heavy (non-hydrogen) atoms. The third kappa shape index (κ3) is 9.26. The first-order chi connectivity index (χ1) is 22.4. The van der Waals surface area contributed by atoms with E-state index in [1.54, 1.807) is 23.5 Å². The number of hydrogen-bond acceptors (Lipinski definition) is 7. The molecule has 1 saturated heterocycles. The van der Waals surface area contributed by atoms with Crippen LogP contribution in [0.15, 0.2) is 54.6 Å². The van der Waals surface area contributed by atoms with Gasteiger partial charge in [-0.3, -0.25) is 19.2 Å². The average Bonchev–Trinajstić information content (AvgIpc) is 3.49. The van der Waals surface area contributed by atoms with Crippen LogP contribution in [-0.4, -0.2) is 51.9 Å². The molecule has 1 aromatic heterocycles. The molecule has 3 aromatic rings. The molecule has 0 radical (unpaired) electrons. The average molecular weight is 669 g/mol. The van der Waals surface area contributed by atoms with Gasteiger partial charge in [0.15, 0.2) is 0 Å². The molecule has 1 aliphatic heterocycles. The van der Waals surface area contributed by atoms with Gasteiger partial charge in [0, 0.05) is 40.9 Å². The summed E-state index contributed by atoms with van der Waals surface area (Å²) < 4.78 is 25.3. The van der Waals surface area contributed by atoms with Crippen molar-refractivity contribution < 1.29 is 48.4 Å². The molecule has 1 fully saturated rings. The van der Waals surface area contributed by atoms with Crippen LogP contribution in [0.5, 0.6) is 0 Å². The van der Waals surface area contributed by atoms with E-state index in [9.17, 15) is 38.9 Å². The number of thiophene rings is 1. The van der Waals surface area contributed by atoms with E-state index in [-0.39, 0.29) is 18.3 Å². The fourth-order valence-corrected chi connectivity index (χ4v) is 7.89. The zero-order valence-electron chi connectivity index (χ0n) is 26.7. The first kappa shape index (κ1) is 35.8. The lowest BCUT2D eigenvalue weighted by Gasteiger charge is -2.46. The minimum Gasteiger partial charge on any atom is -0.481 e. The van der Waals surface area contributed by atoms with E-state index in [1.165, 1.54) is 19.1 Å². The van der Waals surface area contributed by atoms with Crippen LogP contribution in [0, 0.1) is 30.5 Å². The minimum atomic E-state index is -1.19. The van der Waals surface area contributed by atoms with Crippen molar-refractivity contribution >= 4 is 35.2 Å². The number of rotatable bonds is 15. The molecule has 2 unspecified atom stereocenters. The predicted molar refractivity (Wildman–Crippen MR) is 174 cm³/mol. The van der Waals surface area contributed by atoms with Gasteiger partial charge in [0.1, 0.15) is 12.4 Å². The minimum absolute atomic E-state index is 0.0120. The van der Waals surface area contributed by atoms with Gasteiger partial charge in [0.25, 0.3) is 0 Å². The standard InChI is InChI=1S/C36H41FO9S/c1-4-5-6-25(32-14-13-31(47-32)22-9-11-24(37)12-10-22)26-15-23(8-7-20(26)2)36-29(18-35(43)44)27(16-33(39)40)28(17-34(41)42)30(46-36)19-45-21(3)38/h7-15,25,27-30,36H,4-6,16-19H2,1-3H3,(H,39,40)(H,41,42)(H,43,44)/t25?,27-,28+,29-,30-,36?/m0/s1. The van der Waals surface area contributed by atoms with Crippen LogP contribution in [0.25, 0.3) is 10.4 Å². The third-order valence-corrected chi connectivity index (χ3v) is 10.2. The Morgan fingerprint density at radius 2 is 1.53 bits per heavy atom. The van der Waals surface area contributed by atoms with Crippen molar-refractivity contribution in [2.24, 2.45) is 17.8 Å². The quantitative estimate of drug-likeness (QED) is 0.140. The highest BCUT2D eigenvalue weighted by atomic mass is 32.1. The molecule has 0 spiro atoms. The smallest absolute Gasteiger partial charge is 0.303 e. The summed E-state index contributed by atoms with van der Waals surface area (Å²) in [5.41, 5.74) is 3.58. The highest BCUT2D eigenvalue weighted by molar-refractivity contribution is 7.15. The molecular weight excluding hydrogens is 627 g/mol. The highest BCUT2D eigenvalue weighted by Crippen LogP contribution is 2.49. The van der Waals surface area contributed by atoms with Crippen molar-refractivity contribution in [1.29, 1.82) is 0 Å². The Bertz CT molecular complexity index is 1570. The molecule has 0 bridgehead atoms. The van der Waals surface area contributed by atoms with Gasteiger partial charge in [-0.2, -0.15) is 0 Å². The van der Waals surface area contributed by atoms with Gasteiger partial charge in [-0.25, -0.2) is 4.39 Å². The Hall–Kier alpha value is -4.09. The second kappa shape index (κ2) is 16.1. The van der Waals surface area contributed by atoms with E-state index < -0.39 is 73.1 Å². The molecule has 0 saturated carbocycles. The van der Waals surface area contributed by atoms with Crippen molar-refractivity contribution in [3.8, 4) is 10.4 Å². The number of halogens is 1. The molecule has 0 aliphatic carbocycles. The number of aryl methyl sites for hydroxylation is 1. The fourth-order valence-electron chi connectivity index (χ4n) is 6.72. The summed E-state index contributed by atoms with van der Waals surface area (Å²) in [7, 11) is 0. The fraction of sp³-hybridized carbons (Fsp3) is 0.444. The van der Waals surface area contributed by atoms with Gasteiger partial charge >= 0.3 is 23.9 Å². The molecular formula is C36H41FO9S. The molecule has 3 N–H and O–H groups in total. The number of carbonyl (C=O) groups is 4. The van der Waals surface area contributed by atoms with E-state index in [1.807, 2.05) is 31.2 Å². The summed E-state index contributed by atoms with van der Waals surface area (Å²) >= 11 is 1.63. The van der Waals surface area contributed by atoms with Crippen molar-refractivity contribution in [3.05, 3.63) is 82.0 Å². The van der Waals surface area contributed by atoms with Crippen molar-refractivity contribution in [2.45, 2.75) is 77.4 Å². The lowest BCUT2D eigenvalue weighted by atomic mass is 9.68. The SMILES string of the molecule is CCCCC(c1ccc(-c2ccc(F)cc2)s1)c1cc(C2O[C@@H](COC(C)=O)[C@H](CC(=O)O)[C@H](CC(=O)O)[C@@H]2CC(=O)O)ccc1C. The van der Waals surface area contributed by atoms with Crippen molar-refractivity contribution in [1.82, 2.24) is 0 Å². The Balaban J connectivity index is 1.80. The van der Waals surface area contributed by atoms with Crippen LogP contribution in [0.1, 0.15) is 86.0 Å². The lowest BCUT2D eigenvalue weighted by Crippen LogP contribution is -2.48. The number of carbonyl (C=O) groups excluding carboxylic acids is 1. The number of esters is 1. The first-order valence-corrected chi connectivity index (χ1v) is 16.6. The predicted octanol–water partition coefficient (Wildman–Crippen LogP) is 7.46. The lowest BCUT2D eigenvalue weighted by molar-refractivity contribution is -0.189. The zero-order valence-corrected chi connectivity index (χ0v) is 27.5. The number of carboxylic acids is 3. The highest BCUT2D eigenvalue weighted by Gasteiger charge is 2.48. The Morgan fingerprint density at radius 3 is 2.15 bits per heavy atom. The van der Waals surface area contributed by atoms with Crippen LogP contribution in [0.2, 0.25) is 0 Å². The topological polar surface area (TPSA) is 147 Å². The zero-order chi connectivity index (χ0) is 34.2. The van der Waals surface area contributed by atoms with E-state index in [2.05, 4.69) is 13.0 Å². The Morgan fingerprint density at radius 1 is 0.894 bits per heavy atom. The normalized spacial score (nSPS) is 21.6. The molecule has 0 amide bonds. The number of carboxylic acid groups (broad SMARTS) is 3. The number of unbranched alkanes of at least 4 members (excludes halogenated alkanes) is 1. The number of aliphatic carboxylic acids is 3. The van der Waals surface area contributed by atoms with Gasteiger partial charge in [-0.05, 0) is 65.8 Å². The molecule has 2 heterocycles. The maximum atomic E-state index is 13.6. The van der Waals surface area contributed by atoms with Crippen LogP contribution >= 0.6 is 11.3 Å². The van der Waals surface area contributed by atoms with Crippen LogP contribution in [0.4, 0.5) is 4.39 Å². The third-order valence-electron chi connectivity index (χ3n) is 8.92. The first-order valence-electron chi connectivity index (χ1n) is 15.8. The van der Waals surface area contributed by atoms with Gasteiger partial charge in [-0.15, -0.1) is 11.3 Å². The van der Waals surface area contributed by atoms with E-state index in [0.29, 0.717) is 5.56 Å². The molecule has 6 atom stereocenters. The second-order valence-electron chi connectivity index (χ2n) is 12.2. The van der Waals surface area contributed by atoms with Crippen molar-refractivity contribution in [3.63, 3.8) is 0 Å². The maximum absolute atomic E-state index is 13.6. The maximum Gasteiger partial charge on any atom is 0.303 e. The summed E-state index contributed by atoms with van der Waals surface area (Å²) in [6.07, 6.45) is -0.486. The number of hydrogen-bond donors (Lipinski definition) is 3. The molecule has 4 rings (SSSR count). The number of benzene rings is 2. The summed E-state index contributed by atoms with van der Waals surface area (Å²) in [4.78, 5) is 50.0. The van der Waals surface area contributed by atoms with Crippen molar-refractivity contribution in [2.75, 3.05) is 6.61 Å². The summed E-state index contributed by atoms with van der Waals surface area (Å²) in [6, 6.07) is 16.2. The van der Waals surface area contributed by atoms with Gasteiger partial charge in [-0.1, -0.05) is 50.1 Å². The molecule has 1 aliphatic rings. The van der Waals surface area contributed by atoms with Gasteiger partial charge in [0.2, 0.25) is 0 Å². The Kier molecular flexibility index (Phi) is 12.3. The largest absolute Gasteiger partial charge is 0.481 e. The van der Waals surface area contributed by atoms with Gasteiger partial charge < -0.3 is 24.8 Å². The summed E-state index contributed by atoms with van der Waals surface area (Å²) in [6.45, 7) is 5.04. The second-order valence-corrected chi connectivity index (χ2v) is 13.3. The van der Waals surface area contributed by atoms with E-state index >= 15 is 0 Å². The van der Waals surface area contributed by atoms with Crippen LogP contribution in [-0.2, 0) is 28.7 Å². The van der Waals surface area contributed by atoms with Gasteiger partial charge in [0.05, 0.1) is 25.0 Å². The van der Waals surface area contributed by atoms with E-state index in [0.717, 1.165) is 45.7 Å². The molecule has 2 aromatic carbocycles. The van der Waals surface area contributed by atoms with Crippen LogP contribution < -0.4 is 0 Å². The molecule has 9 nitrogen and oxygen atoms in total. The monoisotopic (exact) mass is 668 g/mol. The summed E-state index contributed by atoms with van der Waals surface area (Å²) in [5.74, 6) is -7.11. The Labute approximate surface area is 277 Å². The van der Waals surface area contributed by atoms with E-state index in [4.69, 9.17) is 9.47 Å².